The minimum absolute atomic E-state index is 0.0149. The first-order valence-corrected chi connectivity index (χ1v) is 11.5. The van der Waals surface area contributed by atoms with Gasteiger partial charge in [-0.3, -0.25) is 4.79 Å². The van der Waals surface area contributed by atoms with Crippen molar-refractivity contribution in [2.45, 2.75) is 44.8 Å². The molecule has 0 spiro atoms. The lowest BCUT2D eigenvalue weighted by atomic mass is 9.95. The van der Waals surface area contributed by atoms with Crippen molar-refractivity contribution in [2.75, 3.05) is 17.7 Å². The van der Waals surface area contributed by atoms with Crippen LogP contribution in [0, 0.1) is 0 Å². The number of ether oxygens (including phenoxy) is 3. The van der Waals surface area contributed by atoms with E-state index in [1.807, 2.05) is 30.3 Å². The third kappa shape index (κ3) is 6.92. The van der Waals surface area contributed by atoms with Gasteiger partial charge in [0, 0.05) is 42.3 Å². The molecular weight excluding hydrogens is 448 g/mol. The third-order valence-corrected chi connectivity index (χ3v) is 5.66. The largest absolute Gasteiger partial charge is 0.497 e. The van der Waals surface area contributed by atoms with Gasteiger partial charge >= 0.3 is 18.0 Å². The number of amides is 2. The average molecular weight is 477 g/mol. The molecule has 0 radical (unpaired) electrons. The van der Waals surface area contributed by atoms with Crippen LogP contribution in [0.5, 0.6) is 11.8 Å². The monoisotopic (exact) mass is 476 g/mol. The van der Waals surface area contributed by atoms with Crippen molar-refractivity contribution in [2.24, 2.45) is 0 Å². The number of hydrogen-bond donors (Lipinski definition) is 2. The summed E-state index contributed by atoms with van der Waals surface area (Å²) in [6, 6.07) is 14.5. The van der Waals surface area contributed by atoms with Crippen molar-refractivity contribution < 1.29 is 23.8 Å². The van der Waals surface area contributed by atoms with E-state index in [2.05, 4.69) is 20.6 Å². The third-order valence-electron chi connectivity index (χ3n) is 5.66. The normalized spacial score (nSPS) is 17.2. The SMILES string of the molecule is COc1cccc(NC(=O)Nc2ccc(-c3cnc(OC4CCC(OC(C)=O)CC4)nc3)cc2)c1. The van der Waals surface area contributed by atoms with E-state index in [9.17, 15) is 9.59 Å². The van der Waals surface area contributed by atoms with Crippen LogP contribution in [0.25, 0.3) is 11.1 Å². The fourth-order valence-electron chi connectivity index (χ4n) is 3.92. The Morgan fingerprint density at radius 1 is 0.857 bits per heavy atom. The number of benzene rings is 2. The van der Waals surface area contributed by atoms with Gasteiger partial charge in [-0.05, 0) is 55.5 Å². The van der Waals surface area contributed by atoms with E-state index in [1.165, 1.54) is 6.92 Å². The first-order chi connectivity index (χ1) is 17.0. The van der Waals surface area contributed by atoms with E-state index in [-0.39, 0.29) is 24.2 Å². The molecule has 9 heteroatoms. The quantitative estimate of drug-likeness (QED) is 0.459. The van der Waals surface area contributed by atoms with Gasteiger partial charge in [0.1, 0.15) is 18.0 Å². The second-order valence-electron chi connectivity index (χ2n) is 8.27. The van der Waals surface area contributed by atoms with Gasteiger partial charge < -0.3 is 24.8 Å². The summed E-state index contributed by atoms with van der Waals surface area (Å²) in [7, 11) is 1.58. The number of nitrogens with zero attached hydrogens (tertiary/aromatic N) is 2. The predicted octanol–water partition coefficient (Wildman–Crippen LogP) is 5.05. The van der Waals surface area contributed by atoms with Gasteiger partial charge in [-0.15, -0.1) is 0 Å². The van der Waals surface area contributed by atoms with Gasteiger partial charge in [0.25, 0.3) is 0 Å². The van der Waals surface area contributed by atoms with Gasteiger partial charge in [0.15, 0.2) is 0 Å². The molecular formula is C26H28N4O5. The van der Waals surface area contributed by atoms with Crippen LogP contribution in [0.2, 0.25) is 0 Å². The summed E-state index contributed by atoms with van der Waals surface area (Å²) < 4.78 is 16.3. The van der Waals surface area contributed by atoms with E-state index in [0.29, 0.717) is 23.1 Å². The number of aromatic nitrogens is 2. The van der Waals surface area contributed by atoms with E-state index >= 15 is 0 Å². The molecule has 4 rings (SSSR count). The first kappa shape index (κ1) is 24.0. The Kier molecular flexibility index (Phi) is 7.77. The molecule has 182 valence electrons. The highest BCUT2D eigenvalue weighted by Crippen LogP contribution is 2.26. The Bertz CT molecular complexity index is 1140. The molecule has 1 aromatic heterocycles. The Labute approximate surface area is 203 Å². The molecule has 1 fully saturated rings. The Morgan fingerprint density at radius 3 is 2.17 bits per heavy atom. The number of rotatable bonds is 7. The first-order valence-electron chi connectivity index (χ1n) is 11.5. The fourth-order valence-corrected chi connectivity index (χ4v) is 3.92. The average Bonchev–Trinajstić information content (AvgIpc) is 2.86. The van der Waals surface area contributed by atoms with Crippen molar-refractivity contribution in [1.29, 1.82) is 0 Å². The van der Waals surface area contributed by atoms with Gasteiger partial charge in [0.2, 0.25) is 0 Å². The molecule has 0 atom stereocenters. The van der Waals surface area contributed by atoms with Crippen molar-refractivity contribution in [1.82, 2.24) is 9.97 Å². The maximum absolute atomic E-state index is 12.3. The second kappa shape index (κ2) is 11.3. The van der Waals surface area contributed by atoms with Crippen molar-refractivity contribution in [3.63, 3.8) is 0 Å². The van der Waals surface area contributed by atoms with Crippen LogP contribution in [-0.2, 0) is 9.53 Å². The number of esters is 1. The van der Waals surface area contributed by atoms with Crippen molar-refractivity contribution in [3.05, 3.63) is 60.9 Å². The highest BCUT2D eigenvalue weighted by atomic mass is 16.5. The van der Waals surface area contributed by atoms with E-state index in [1.54, 1.807) is 37.7 Å². The minimum Gasteiger partial charge on any atom is -0.497 e. The lowest BCUT2D eigenvalue weighted by Crippen LogP contribution is -2.29. The van der Waals surface area contributed by atoms with Crippen molar-refractivity contribution >= 4 is 23.4 Å². The maximum atomic E-state index is 12.3. The smallest absolute Gasteiger partial charge is 0.323 e. The van der Waals surface area contributed by atoms with Crippen LogP contribution < -0.4 is 20.1 Å². The topological polar surface area (TPSA) is 112 Å². The van der Waals surface area contributed by atoms with Crippen LogP contribution in [0.15, 0.2) is 60.9 Å². The summed E-state index contributed by atoms with van der Waals surface area (Å²) in [6.07, 6.45) is 6.56. The highest BCUT2D eigenvalue weighted by molar-refractivity contribution is 6.00. The number of nitrogens with one attached hydrogen (secondary N) is 2. The standard InChI is InChI=1S/C26H28N4O5/c1-17(31)34-22-10-12-23(13-11-22)35-26-27-15-19(16-28-26)18-6-8-20(9-7-18)29-25(32)30-21-4-3-5-24(14-21)33-2/h3-9,14-16,22-23H,10-13H2,1-2H3,(H2,29,30,32). The Hall–Kier alpha value is -4.14. The number of carbonyl (C=O) groups excluding carboxylic acids is 2. The van der Waals surface area contributed by atoms with Crippen LogP contribution in [0.4, 0.5) is 16.2 Å². The minimum atomic E-state index is -0.349. The summed E-state index contributed by atoms with van der Waals surface area (Å²) in [5, 5.41) is 5.58. The molecule has 3 aromatic rings. The zero-order valence-electron chi connectivity index (χ0n) is 19.7. The molecule has 2 aromatic carbocycles. The molecule has 1 heterocycles. The number of methoxy groups -OCH3 is 1. The maximum Gasteiger partial charge on any atom is 0.323 e. The lowest BCUT2D eigenvalue weighted by molar-refractivity contribution is -0.148. The van der Waals surface area contributed by atoms with Gasteiger partial charge in [0.05, 0.1) is 7.11 Å². The molecule has 0 bridgehead atoms. The van der Waals surface area contributed by atoms with Crippen LogP contribution >= 0.6 is 0 Å². The lowest BCUT2D eigenvalue weighted by Gasteiger charge is -2.27. The van der Waals surface area contributed by atoms with Crippen LogP contribution in [0.3, 0.4) is 0 Å². The van der Waals surface area contributed by atoms with E-state index in [0.717, 1.165) is 36.8 Å². The Morgan fingerprint density at radius 2 is 1.51 bits per heavy atom. The van der Waals surface area contributed by atoms with Crippen LogP contribution in [-0.4, -0.2) is 41.3 Å². The molecule has 2 N–H and O–H groups in total. The van der Waals surface area contributed by atoms with Gasteiger partial charge in [-0.2, -0.15) is 0 Å². The Balaban J connectivity index is 1.28. The van der Waals surface area contributed by atoms with Crippen molar-refractivity contribution in [3.8, 4) is 22.9 Å². The van der Waals surface area contributed by atoms with Gasteiger partial charge in [-0.25, -0.2) is 14.8 Å². The van der Waals surface area contributed by atoms with E-state index < -0.39 is 0 Å². The molecule has 1 aliphatic carbocycles. The number of anilines is 2. The predicted molar refractivity (Wildman–Crippen MR) is 132 cm³/mol. The van der Waals surface area contributed by atoms with Gasteiger partial charge in [-0.1, -0.05) is 18.2 Å². The van der Waals surface area contributed by atoms with E-state index in [4.69, 9.17) is 14.2 Å². The summed E-state index contributed by atoms with van der Waals surface area (Å²) >= 11 is 0. The summed E-state index contributed by atoms with van der Waals surface area (Å²) in [5.74, 6) is 0.422. The summed E-state index contributed by atoms with van der Waals surface area (Å²) in [4.78, 5) is 32.1. The second-order valence-corrected chi connectivity index (χ2v) is 8.27. The molecule has 35 heavy (non-hydrogen) atoms. The molecule has 1 aliphatic rings. The zero-order chi connectivity index (χ0) is 24.6. The molecule has 0 unspecified atom stereocenters. The molecule has 0 saturated heterocycles. The zero-order valence-corrected chi connectivity index (χ0v) is 19.7. The molecule has 2 amide bonds. The molecule has 0 aliphatic heterocycles. The summed E-state index contributed by atoms with van der Waals surface area (Å²) in [6.45, 7) is 1.43. The number of urea groups is 1. The highest BCUT2D eigenvalue weighted by Gasteiger charge is 2.24. The fraction of sp³-hybridized carbons (Fsp3) is 0.308. The number of hydrogen-bond acceptors (Lipinski definition) is 7. The molecule has 1 saturated carbocycles. The number of carbonyl (C=O) groups is 2. The summed E-state index contributed by atoms with van der Waals surface area (Å²) in [5.41, 5.74) is 3.04. The molecule has 9 nitrogen and oxygen atoms in total. The van der Waals surface area contributed by atoms with Crippen LogP contribution in [0.1, 0.15) is 32.6 Å².